The fourth-order valence-corrected chi connectivity index (χ4v) is 2.21. The van der Waals surface area contributed by atoms with Gasteiger partial charge in [0.1, 0.15) is 10.6 Å². The number of hydrogen-bond acceptors (Lipinski definition) is 3. The highest BCUT2D eigenvalue weighted by atomic mass is 35.5. The number of halogens is 1. The lowest BCUT2D eigenvalue weighted by Crippen LogP contribution is -2.19. The molecule has 0 bridgehead atoms. The van der Waals surface area contributed by atoms with E-state index in [4.69, 9.17) is 16.3 Å². The molecule has 0 aliphatic heterocycles. The van der Waals surface area contributed by atoms with E-state index in [0.29, 0.717) is 17.4 Å². The Morgan fingerprint density at radius 1 is 1.47 bits per heavy atom. The molecule has 0 aliphatic rings. The monoisotopic (exact) mass is 249 g/mol. The largest absolute Gasteiger partial charge is 0.492 e. The van der Waals surface area contributed by atoms with Crippen LogP contribution in [0.5, 0.6) is 5.75 Å². The Morgan fingerprint density at radius 2 is 2.13 bits per heavy atom. The number of ether oxygens (including phenoxy) is 1. The van der Waals surface area contributed by atoms with Gasteiger partial charge in [-0.1, -0.05) is 11.6 Å². The van der Waals surface area contributed by atoms with Crippen LogP contribution in [0.4, 0.5) is 0 Å². The number of benzene rings is 1. The van der Waals surface area contributed by atoms with Crippen molar-refractivity contribution in [1.82, 2.24) is 4.72 Å². The Labute approximate surface area is 94.3 Å². The summed E-state index contributed by atoms with van der Waals surface area (Å²) in [6, 6.07) is 4.48. The Bertz CT molecular complexity index is 445. The maximum Gasteiger partial charge on any atom is 0.244 e. The molecule has 1 N–H and O–H groups in total. The van der Waals surface area contributed by atoms with Crippen LogP contribution >= 0.6 is 11.6 Å². The predicted molar refractivity (Wildman–Crippen MR) is 58.9 cm³/mol. The molecule has 0 aromatic heterocycles. The molecular formula is C9H12ClNO3S. The van der Waals surface area contributed by atoms with Gasteiger partial charge in [-0.2, -0.15) is 0 Å². The third-order valence-corrected chi connectivity index (χ3v) is 3.43. The van der Waals surface area contributed by atoms with Crippen molar-refractivity contribution in [3.05, 3.63) is 23.2 Å². The van der Waals surface area contributed by atoms with Crippen molar-refractivity contribution in [2.45, 2.75) is 11.8 Å². The van der Waals surface area contributed by atoms with Crippen LogP contribution in [0.2, 0.25) is 5.02 Å². The van der Waals surface area contributed by atoms with Crippen molar-refractivity contribution in [1.29, 1.82) is 0 Å². The van der Waals surface area contributed by atoms with Gasteiger partial charge in [-0.05, 0) is 32.2 Å². The predicted octanol–water partition coefficient (Wildman–Crippen LogP) is 1.65. The molecule has 4 nitrogen and oxygen atoms in total. The second-order valence-corrected chi connectivity index (χ2v) is 5.02. The van der Waals surface area contributed by atoms with E-state index in [2.05, 4.69) is 4.72 Å². The number of nitrogens with one attached hydrogen (secondary N) is 1. The average Bonchev–Trinajstić information content (AvgIpc) is 2.21. The molecule has 0 spiro atoms. The minimum absolute atomic E-state index is 0.0550. The van der Waals surface area contributed by atoms with Gasteiger partial charge in [0.05, 0.1) is 6.61 Å². The van der Waals surface area contributed by atoms with Gasteiger partial charge in [-0.3, -0.25) is 0 Å². The Balaban J connectivity index is 3.31. The summed E-state index contributed by atoms with van der Waals surface area (Å²) in [5.41, 5.74) is 0. The van der Waals surface area contributed by atoms with E-state index in [1.165, 1.54) is 19.2 Å². The van der Waals surface area contributed by atoms with Gasteiger partial charge in [0.15, 0.2) is 0 Å². The van der Waals surface area contributed by atoms with Crippen molar-refractivity contribution in [2.24, 2.45) is 0 Å². The van der Waals surface area contributed by atoms with Crippen molar-refractivity contribution < 1.29 is 13.2 Å². The number of rotatable bonds is 4. The topological polar surface area (TPSA) is 55.4 Å². The Morgan fingerprint density at radius 3 is 2.67 bits per heavy atom. The molecule has 1 rings (SSSR count). The van der Waals surface area contributed by atoms with E-state index >= 15 is 0 Å². The highest BCUT2D eigenvalue weighted by Crippen LogP contribution is 2.26. The summed E-state index contributed by atoms with van der Waals surface area (Å²) >= 11 is 5.73. The lowest BCUT2D eigenvalue weighted by molar-refractivity contribution is 0.331. The first-order valence-corrected chi connectivity index (χ1v) is 6.23. The summed E-state index contributed by atoms with van der Waals surface area (Å²) in [6.07, 6.45) is 0. The lowest BCUT2D eigenvalue weighted by Gasteiger charge is -2.10. The van der Waals surface area contributed by atoms with Crippen LogP contribution in [0.1, 0.15) is 6.92 Å². The van der Waals surface area contributed by atoms with Crippen LogP contribution in [0, 0.1) is 0 Å². The number of sulfonamides is 1. The summed E-state index contributed by atoms with van der Waals surface area (Å²) in [7, 11) is -2.19. The van der Waals surface area contributed by atoms with Crippen LogP contribution in [0.25, 0.3) is 0 Å². The van der Waals surface area contributed by atoms with E-state index in [9.17, 15) is 8.42 Å². The minimum Gasteiger partial charge on any atom is -0.492 e. The molecule has 0 fully saturated rings. The molecule has 0 heterocycles. The normalized spacial score (nSPS) is 11.4. The highest BCUT2D eigenvalue weighted by molar-refractivity contribution is 7.89. The van der Waals surface area contributed by atoms with E-state index in [-0.39, 0.29) is 4.90 Å². The first kappa shape index (κ1) is 12.3. The van der Waals surface area contributed by atoms with Crippen molar-refractivity contribution in [3.63, 3.8) is 0 Å². The van der Waals surface area contributed by atoms with Gasteiger partial charge in [0, 0.05) is 5.02 Å². The quantitative estimate of drug-likeness (QED) is 0.883. The molecule has 0 saturated carbocycles. The molecule has 0 amide bonds. The van der Waals surface area contributed by atoms with E-state index < -0.39 is 10.0 Å². The second-order valence-electron chi connectivity index (χ2n) is 2.73. The van der Waals surface area contributed by atoms with Crippen molar-refractivity contribution >= 4 is 21.6 Å². The molecule has 0 aliphatic carbocycles. The lowest BCUT2D eigenvalue weighted by atomic mass is 10.3. The van der Waals surface area contributed by atoms with Gasteiger partial charge in [0.25, 0.3) is 0 Å². The maximum atomic E-state index is 11.6. The van der Waals surface area contributed by atoms with E-state index in [1.54, 1.807) is 13.0 Å². The summed E-state index contributed by atoms with van der Waals surface area (Å²) in [4.78, 5) is 0.0550. The number of hydrogen-bond donors (Lipinski definition) is 1. The molecule has 0 saturated heterocycles. The van der Waals surface area contributed by atoms with Crippen LogP contribution in [0.15, 0.2) is 23.1 Å². The van der Waals surface area contributed by atoms with E-state index in [0.717, 1.165) is 0 Å². The summed E-state index contributed by atoms with van der Waals surface area (Å²) in [5, 5.41) is 0.354. The maximum absolute atomic E-state index is 11.6. The van der Waals surface area contributed by atoms with Gasteiger partial charge in [0.2, 0.25) is 10.0 Å². The first-order chi connectivity index (χ1) is 7.01. The minimum atomic E-state index is -3.53. The van der Waals surface area contributed by atoms with Gasteiger partial charge < -0.3 is 4.74 Å². The van der Waals surface area contributed by atoms with Crippen molar-refractivity contribution in [3.8, 4) is 5.75 Å². The average molecular weight is 250 g/mol. The summed E-state index contributed by atoms with van der Waals surface area (Å²) in [5.74, 6) is 0.302. The SMILES string of the molecule is CCOc1ccc(Cl)cc1S(=O)(=O)NC. The highest BCUT2D eigenvalue weighted by Gasteiger charge is 2.17. The molecule has 15 heavy (non-hydrogen) atoms. The van der Waals surface area contributed by atoms with Crippen LogP contribution in [0.3, 0.4) is 0 Å². The summed E-state index contributed by atoms with van der Waals surface area (Å²) in [6.45, 7) is 2.18. The molecule has 0 radical (unpaired) electrons. The molecule has 1 aromatic rings. The third kappa shape index (κ3) is 2.84. The van der Waals surface area contributed by atoms with Crippen LogP contribution in [-0.2, 0) is 10.0 Å². The summed E-state index contributed by atoms with van der Waals surface area (Å²) < 4.78 is 30.6. The zero-order chi connectivity index (χ0) is 11.5. The molecule has 6 heteroatoms. The van der Waals surface area contributed by atoms with Gasteiger partial charge >= 0.3 is 0 Å². The molecule has 0 atom stereocenters. The van der Waals surface area contributed by atoms with Crippen LogP contribution in [-0.4, -0.2) is 22.1 Å². The fraction of sp³-hybridized carbons (Fsp3) is 0.333. The second kappa shape index (κ2) is 4.83. The van der Waals surface area contributed by atoms with Gasteiger partial charge in [-0.25, -0.2) is 13.1 Å². The molecule has 84 valence electrons. The molecule has 0 unspecified atom stereocenters. The third-order valence-electron chi connectivity index (χ3n) is 1.76. The zero-order valence-electron chi connectivity index (χ0n) is 8.45. The first-order valence-electron chi connectivity index (χ1n) is 4.37. The zero-order valence-corrected chi connectivity index (χ0v) is 10.0. The van der Waals surface area contributed by atoms with Crippen molar-refractivity contribution in [2.75, 3.05) is 13.7 Å². The Kier molecular flexibility index (Phi) is 3.96. The molecular weight excluding hydrogens is 238 g/mol. The standard InChI is InChI=1S/C9H12ClNO3S/c1-3-14-8-5-4-7(10)6-9(8)15(12,13)11-2/h4-6,11H,3H2,1-2H3. The van der Waals surface area contributed by atoms with E-state index in [1.807, 2.05) is 0 Å². The fourth-order valence-electron chi connectivity index (χ4n) is 1.08. The van der Waals surface area contributed by atoms with Gasteiger partial charge in [-0.15, -0.1) is 0 Å². The van der Waals surface area contributed by atoms with Crippen LogP contribution < -0.4 is 9.46 Å². The smallest absolute Gasteiger partial charge is 0.244 e. The molecule has 1 aromatic carbocycles. The Hall–Kier alpha value is -0.780.